The molecule has 0 aliphatic carbocycles. The predicted octanol–water partition coefficient (Wildman–Crippen LogP) is 0.720. The first kappa shape index (κ1) is 13.2. The molecule has 19 heavy (non-hydrogen) atoms. The van der Waals surface area contributed by atoms with Crippen LogP contribution in [0.2, 0.25) is 0 Å². The van der Waals surface area contributed by atoms with Gasteiger partial charge in [-0.3, -0.25) is 9.59 Å². The molecule has 0 aromatic heterocycles. The average Bonchev–Trinajstić information content (AvgIpc) is 2.90. The van der Waals surface area contributed by atoms with Crippen LogP contribution in [0, 0.1) is 12.0 Å². The predicted molar refractivity (Wildman–Crippen MR) is 62.6 cm³/mol. The molecule has 6 nitrogen and oxygen atoms in total. The standard InChI is InChI=1S/C13H13O6/c1-16-12(14)9(13(15)17-2)5-8-3-4-10-11(6-8)19-7-18-10/h3,6,9H,5,7H2,1-2H3. The topological polar surface area (TPSA) is 71.1 Å². The molecule has 6 heteroatoms. The van der Waals surface area contributed by atoms with Gasteiger partial charge in [-0.25, -0.2) is 0 Å². The fourth-order valence-corrected chi connectivity index (χ4v) is 1.78. The summed E-state index contributed by atoms with van der Waals surface area (Å²) in [4.78, 5) is 23.1. The zero-order valence-corrected chi connectivity index (χ0v) is 10.6. The van der Waals surface area contributed by atoms with Crippen LogP contribution in [-0.2, 0) is 25.5 Å². The number of esters is 2. The van der Waals surface area contributed by atoms with Crippen molar-refractivity contribution < 1.29 is 28.5 Å². The molecule has 1 heterocycles. The second-order valence-electron chi connectivity index (χ2n) is 3.91. The number of benzene rings is 1. The van der Waals surface area contributed by atoms with Gasteiger partial charge in [0.15, 0.2) is 17.4 Å². The Morgan fingerprint density at radius 1 is 1.32 bits per heavy atom. The first-order valence-electron chi connectivity index (χ1n) is 5.61. The average molecular weight is 265 g/mol. The monoisotopic (exact) mass is 265 g/mol. The van der Waals surface area contributed by atoms with Gasteiger partial charge in [-0.2, -0.15) is 0 Å². The van der Waals surface area contributed by atoms with Crippen molar-refractivity contribution in [2.24, 2.45) is 5.92 Å². The van der Waals surface area contributed by atoms with Gasteiger partial charge >= 0.3 is 11.9 Å². The summed E-state index contributed by atoms with van der Waals surface area (Å²) in [5, 5.41) is 0. The summed E-state index contributed by atoms with van der Waals surface area (Å²) < 4.78 is 19.5. The number of ether oxygens (including phenoxy) is 4. The van der Waals surface area contributed by atoms with Gasteiger partial charge in [0.25, 0.3) is 0 Å². The quantitative estimate of drug-likeness (QED) is 0.590. The highest BCUT2D eigenvalue weighted by molar-refractivity contribution is 5.95. The van der Waals surface area contributed by atoms with Gasteiger partial charge in [0.1, 0.15) is 0 Å². The second kappa shape index (κ2) is 5.60. The van der Waals surface area contributed by atoms with Crippen LogP contribution >= 0.6 is 0 Å². The molecule has 0 amide bonds. The zero-order chi connectivity index (χ0) is 13.8. The van der Waals surface area contributed by atoms with E-state index < -0.39 is 17.9 Å². The number of methoxy groups -OCH3 is 2. The van der Waals surface area contributed by atoms with Crippen LogP contribution in [0.15, 0.2) is 12.1 Å². The number of carbonyl (C=O) groups excluding carboxylic acids is 2. The highest BCUT2D eigenvalue weighted by atomic mass is 16.7. The minimum absolute atomic E-state index is 0.146. The Morgan fingerprint density at radius 3 is 2.63 bits per heavy atom. The van der Waals surface area contributed by atoms with E-state index in [1.54, 1.807) is 12.1 Å². The molecular weight excluding hydrogens is 252 g/mol. The van der Waals surface area contributed by atoms with E-state index in [1.807, 2.05) is 0 Å². The van der Waals surface area contributed by atoms with Gasteiger partial charge in [-0.05, 0) is 24.1 Å². The first-order valence-corrected chi connectivity index (χ1v) is 5.61. The molecule has 0 fully saturated rings. The van der Waals surface area contributed by atoms with Crippen molar-refractivity contribution in [1.82, 2.24) is 0 Å². The van der Waals surface area contributed by atoms with Crippen molar-refractivity contribution in [2.75, 3.05) is 21.0 Å². The van der Waals surface area contributed by atoms with Crippen LogP contribution in [0.4, 0.5) is 0 Å². The maximum Gasteiger partial charge on any atom is 0.320 e. The minimum Gasteiger partial charge on any atom is -0.468 e. The fraction of sp³-hybridized carbons (Fsp3) is 0.385. The summed E-state index contributed by atoms with van der Waals surface area (Å²) >= 11 is 0. The summed E-state index contributed by atoms with van der Waals surface area (Å²) in [5.74, 6) is -1.19. The SMILES string of the molecule is COC(=O)C(Cc1c[c]c2c(c1)OCO2)C(=O)OC. The molecule has 1 aliphatic heterocycles. The van der Waals surface area contributed by atoms with Gasteiger partial charge in [-0.15, -0.1) is 0 Å². The smallest absolute Gasteiger partial charge is 0.320 e. The van der Waals surface area contributed by atoms with E-state index >= 15 is 0 Å². The van der Waals surface area contributed by atoms with Crippen molar-refractivity contribution >= 4 is 11.9 Å². The Morgan fingerprint density at radius 2 is 2.00 bits per heavy atom. The van der Waals surface area contributed by atoms with Gasteiger partial charge in [0, 0.05) is 6.07 Å². The van der Waals surface area contributed by atoms with Gasteiger partial charge in [0.05, 0.1) is 14.2 Å². The van der Waals surface area contributed by atoms with Crippen LogP contribution in [-0.4, -0.2) is 33.0 Å². The Hall–Kier alpha value is -2.24. The normalized spacial score (nSPS) is 12.4. The largest absolute Gasteiger partial charge is 0.468 e. The fourth-order valence-electron chi connectivity index (χ4n) is 1.78. The van der Waals surface area contributed by atoms with Gasteiger partial charge in [0.2, 0.25) is 6.79 Å². The molecule has 1 aromatic rings. The van der Waals surface area contributed by atoms with E-state index in [4.69, 9.17) is 9.47 Å². The summed E-state index contributed by atoms with van der Waals surface area (Å²) in [6.07, 6.45) is 0.159. The van der Waals surface area contributed by atoms with Crippen LogP contribution in [0.5, 0.6) is 11.5 Å². The lowest BCUT2D eigenvalue weighted by Crippen LogP contribution is -2.28. The molecule has 1 aliphatic rings. The van der Waals surface area contributed by atoms with Gasteiger partial charge < -0.3 is 18.9 Å². The molecule has 2 rings (SSSR count). The lowest BCUT2D eigenvalue weighted by molar-refractivity contribution is -0.158. The third-order valence-corrected chi connectivity index (χ3v) is 2.76. The Bertz CT molecular complexity index is 480. The third-order valence-electron chi connectivity index (χ3n) is 2.76. The minimum atomic E-state index is -0.997. The third kappa shape index (κ3) is 2.78. The molecule has 1 radical (unpaired) electrons. The Labute approximate surface area is 110 Å². The molecule has 0 saturated heterocycles. The van der Waals surface area contributed by atoms with Gasteiger partial charge in [-0.1, -0.05) is 0 Å². The van der Waals surface area contributed by atoms with E-state index in [0.717, 1.165) is 0 Å². The van der Waals surface area contributed by atoms with Crippen LogP contribution in [0.3, 0.4) is 0 Å². The lowest BCUT2D eigenvalue weighted by Gasteiger charge is -2.12. The summed E-state index contributed by atoms with van der Waals surface area (Å²) in [7, 11) is 2.45. The van der Waals surface area contributed by atoms with E-state index in [0.29, 0.717) is 17.1 Å². The zero-order valence-electron chi connectivity index (χ0n) is 10.6. The highest BCUT2D eigenvalue weighted by Gasteiger charge is 2.29. The van der Waals surface area contributed by atoms with Crippen molar-refractivity contribution in [1.29, 1.82) is 0 Å². The van der Waals surface area contributed by atoms with Crippen molar-refractivity contribution in [3.05, 3.63) is 23.8 Å². The Balaban J connectivity index is 2.17. The molecule has 0 saturated carbocycles. The Kier molecular flexibility index (Phi) is 3.89. The number of hydrogen-bond donors (Lipinski definition) is 0. The summed E-state index contributed by atoms with van der Waals surface area (Å²) in [5.41, 5.74) is 0.713. The maximum absolute atomic E-state index is 11.6. The molecule has 0 N–H and O–H groups in total. The van der Waals surface area contributed by atoms with E-state index in [-0.39, 0.29) is 13.2 Å². The van der Waals surface area contributed by atoms with Crippen molar-refractivity contribution in [3.63, 3.8) is 0 Å². The highest BCUT2D eigenvalue weighted by Crippen LogP contribution is 2.32. The maximum atomic E-state index is 11.6. The second-order valence-corrected chi connectivity index (χ2v) is 3.91. The molecule has 1 aromatic carbocycles. The first-order chi connectivity index (χ1) is 9.15. The van der Waals surface area contributed by atoms with Crippen LogP contribution < -0.4 is 9.47 Å². The summed E-state index contributed by atoms with van der Waals surface area (Å²) in [6.45, 7) is 0.146. The van der Waals surface area contributed by atoms with E-state index in [1.165, 1.54) is 14.2 Å². The van der Waals surface area contributed by atoms with Crippen molar-refractivity contribution in [3.8, 4) is 11.5 Å². The van der Waals surface area contributed by atoms with Crippen molar-refractivity contribution in [2.45, 2.75) is 6.42 Å². The molecule has 0 spiro atoms. The van der Waals surface area contributed by atoms with Crippen LogP contribution in [0.1, 0.15) is 5.56 Å². The molecule has 0 atom stereocenters. The molecule has 0 bridgehead atoms. The summed E-state index contributed by atoms with van der Waals surface area (Å²) in [6, 6.07) is 6.24. The van der Waals surface area contributed by atoms with E-state index in [9.17, 15) is 9.59 Å². The number of hydrogen-bond acceptors (Lipinski definition) is 6. The molecular formula is C13H13O6. The number of rotatable bonds is 4. The van der Waals surface area contributed by atoms with Crippen LogP contribution in [0.25, 0.3) is 0 Å². The number of carbonyl (C=O) groups is 2. The lowest BCUT2D eigenvalue weighted by atomic mass is 9.99. The number of fused-ring (bicyclic) bond motifs is 1. The molecule has 0 unspecified atom stereocenters. The molecule has 101 valence electrons. The van der Waals surface area contributed by atoms with E-state index in [2.05, 4.69) is 15.5 Å².